The topological polar surface area (TPSA) is 112 Å². The van der Waals surface area contributed by atoms with Crippen molar-refractivity contribution in [3.05, 3.63) is 25.3 Å². The molecular formula is C12H22O8S. The maximum absolute atomic E-state index is 11.7. The van der Waals surface area contributed by atoms with E-state index in [-0.39, 0.29) is 13.2 Å². The van der Waals surface area contributed by atoms with Crippen molar-refractivity contribution in [3.63, 3.8) is 0 Å². The Kier molecular flexibility index (Phi) is 9.62. The van der Waals surface area contributed by atoms with Gasteiger partial charge in [0.15, 0.2) is 0 Å². The highest BCUT2D eigenvalue weighted by Gasteiger charge is 2.30. The summed E-state index contributed by atoms with van der Waals surface area (Å²) < 4.78 is 42.5. The van der Waals surface area contributed by atoms with E-state index in [1.54, 1.807) is 0 Å². The summed E-state index contributed by atoms with van der Waals surface area (Å²) >= 11 is 0. The van der Waals surface area contributed by atoms with Crippen LogP contribution in [0.3, 0.4) is 0 Å². The summed E-state index contributed by atoms with van der Waals surface area (Å²) in [4.78, 5) is 0. The number of aliphatic hydroxyl groups is 2. The summed E-state index contributed by atoms with van der Waals surface area (Å²) in [7, 11) is -4.57. The van der Waals surface area contributed by atoms with Crippen LogP contribution >= 0.6 is 0 Å². The molecule has 0 aliphatic heterocycles. The first-order valence-corrected chi connectivity index (χ1v) is 7.49. The molecule has 4 atom stereocenters. The molecule has 0 aliphatic rings. The van der Waals surface area contributed by atoms with Crippen LogP contribution in [0.2, 0.25) is 0 Å². The molecule has 4 unspecified atom stereocenters. The smallest absolute Gasteiger partial charge is 0.388 e. The fourth-order valence-corrected chi connectivity index (χ4v) is 2.02. The second kappa shape index (κ2) is 10.0. The Hall–Kier alpha value is -0.810. The second-order valence-electron chi connectivity index (χ2n) is 4.06. The minimum atomic E-state index is -4.57. The van der Waals surface area contributed by atoms with Gasteiger partial charge < -0.3 is 19.7 Å². The molecule has 8 nitrogen and oxygen atoms in total. The first-order chi connectivity index (χ1) is 9.73. The summed E-state index contributed by atoms with van der Waals surface area (Å²) in [5.74, 6) is 0. The average Bonchev–Trinajstić information content (AvgIpc) is 2.38. The van der Waals surface area contributed by atoms with E-state index in [2.05, 4.69) is 21.5 Å². The highest BCUT2D eigenvalue weighted by atomic mass is 32.3. The zero-order valence-corrected chi connectivity index (χ0v) is 12.9. The molecule has 0 fully saturated rings. The van der Waals surface area contributed by atoms with Gasteiger partial charge in [-0.3, -0.25) is 0 Å². The molecule has 0 aromatic carbocycles. The molecule has 0 saturated carbocycles. The molecule has 9 heteroatoms. The Labute approximate surface area is 124 Å². The third kappa shape index (κ3) is 8.94. The predicted octanol–water partition coefficient (Wildman–Crippen LogP) is 0.0834. The molecular weight excluding hydrogens is 304 g/mol. The zero-order valence-electron chi connectivity index (χ0n) is 12.0. The Balaban J connectivity index is 4.75. The molecule has 0 spiro atoms. The van der Waals surface area contributed by atoms with E-state index in [1.165, 1.54) is 26.0 Å². The van der Waals surface area contributed by atoms with E-state index in [1.807, 2.05) is 0 Å². The van der Waals surface area contributed by atoms with Crippen molar-refractivity contribution >= 4 is 10.4 Å². The van der Waals surface area contributed by atoms with Gasteiger partial charge in [-0.1, -0.05) is 12.2 Å². The maximum Gasteiger partial charge on any atom is 0.405 e. The van der Waals surface area contributed by atoms with Crippen molar-refractivity contribution in [1.29, 1.82) is 0 Å². The summed E-state index contributed by atoms with van der Waals surface area (Å²) in [6, 6.07) is 0. The largest absolute Gasteiger partial charge is 0.405 e. The van der Waals surface area contributed by atoms with Crippen LogP contribution in [0.15, 0.2) is 25.3 Å². The minimum Gasteiger partial charge on any atom is -0.388 e. The lowest BCUT2D eigenvalue weighted by molar-refractivity contribution is -0.159. The van der Waals surface area contributed by atoms with E-state index in [4.69, 9.17) is 9.47 Å². The molecule has 0 aromatic heterocycles. The van der Waals surface area contributed by atoms with Crippen LogP contribution in [-0.2, 0) is 28.2 Å². The average molecular weight is 326 g/mol. The van der Waals surface area contributed by atoms with Gasteiger partial charge in [0.1, 0.15) is 12.2 Å². The Morgan fingerprint density at radius 3 is 1.52 bits per heavy atom. The van der Waals surface area contributed by atoms with Crippen molar-refractivity contribution in [2.45, 2.75) is 38.6 Å². The summed E-state index contributed by atoms with van der Waals surface area (Å²) in [5.41, 5.74) is 0. The maximum atomic E-state index is 11.7. The first kappa shape index (κ1) is 20.2. The monoisotopic (exact) mass is 326 g/mol. The third-order valence-electron chi connectivity index (χ3n) is 1.97. The fraction of sp³-hybridized carbons (Fsp3) is 0.667. The third-order valence-corrected chi connectivity index (χ3v) is 2.82. The van der Waals surface area contributed by atoms with Crippen LogP contribution in [-0.4, -0.2) is 56.6 Å². The molecule has 0 saturated heterocycles. The number of hydrogen-bond donors (Lipinski definition) is 2. The lowest BCUT2D eigenvalue weighted by atomic mass is 10.4. The van der Waals surface area contributed by atoms with Gasteiger partial charge in [-0.15, -0.1) is 13.2 Å². The summed E-state index contributed by atoms with van der Waals surface area (Å²) in [6.45, 7) is 9.28. The summed E-state index contributed by atoms with van der Waals surface area (Å²) in [5, 5.41) is 18.8. The summed E-state index contributed by atoms with van der Waals surface area (Å²) in [6.07, 6.45) is -2.69. The number of hydrogen-bond acceptors (Lipinski definition) is 8. The Morgan fingerprint density at radius 1 is 0.952 bits per heavy atom. The molecule has 0 aromatic rings. The minimum absolute atomic E-state index is 0.0299. The Morgan fingerprint density at radius 2 is 1.29 bits per heavy atom. The van der Waals surface area contributed by atoms with E-state index in [0.717, 1.165) is 0 Å². The van der Waals surface area contributed by atoms with Crippen molar-refractivity contribution in [1.82, 2.24) is 0 Å². The van der Waals surface area contributed by atoms with Gasteiger partial charge in [0.05, 0.1) is 13.2 Å². The van der Waals surface area contributed by atoms with Gasteiger partial charge in [0.2, 0.25) is 12.6 Å². The lowest BCUT2D eigenvalue weighted by Gasteiger charge is -2.23. The van der Waals surface area contributed by atoms with E-state index in [9.17, 15) is 18.6 Å². The van der Waals surface area contributed by atoms with E-state index in [0.29, 0.717) is 0 Å². The molecule has 124 valence electrons. The van der Waals surface area contributed by atoms with Gasteiger partial charge >= 0.3 is 10.4 Å². The van der Waals surface area contributed by atoms with E-state index >= 15 is 0 Å². The van der Waals surface area contributed by atoms with Crippen LogP contribution in [0.1, 0.15) is 13.8 Å². The van der Waals surface area contributed by atoms with Gasteiger partial charge in [0, 0.05) is 0 Å². The van der Waals surface area contributed by atoms with Crippen molar-refractivity contribution in [3.8, 4) is 0 Å². The molecule has 0 rings (SSSR count). The second-order valence-corrected chi connectivity index (χ2v) is 5.26. The normalized spacial score (nSPS) is 17.7. The highest BCUT2D eigenvalue weighted by Crippen LogP contribution is 2.13. The van der Waals surface area contributed by atoms with Crippen LogP contribution in [0, 0.1) is 0 Å². The quantitative estimate of drug-likeness (QED) is 0.383. The number of aliphatic hydroxyl groups excluding tert-OH is 2. The van der Waals surface area contributed by atoms with Crippen LogP contribution in [0.25, 0.3) is 0 Å². The molecule has 0 radical (unpaired) electrons. The number of ether oxygens (including phenoxy) is 2. The van der Waals surface area contributed by atoms with Crippen molar-refractivity contribution in [2.75, 3.05) is 13.2 Å². The van der Waals surface area contributed by atoms with Crippen molar-refractivity contribution < 1.29 is 36.5 Å². The van der Waals surface area contributed by atoms with E-state index < -0.39 is 35.2 Å². The molecule has 0 heterocycles. The molecule has 0 aliphatic carbocycles. The highest BCUT2D eigenvalue weighted by molar-refractivity contribution is 7.81. The van der Waals surface area contributed by atoms with Crippen LogP contribution in [0.5, 0.6) is 0 Å². The SMILES string of the molecule is C=CCOC(OS(=O)(=O)OC(OCC=C)C(C)O)C(C)O. The molecule has 21 heavy (non-hydrogen) atoms. The van der Waals surface area contributed by atoms with Gasteiger partial charge in [0.25, 0.3) is 0 Å². The molecule has 2 N–H and O–H groups in total. The van der Waals surface area contributed by atoms with Crippen LogP contribution in [0.4, 0.5) is 0 Å². The van der Waals surface area contributed by atoms with Gasteiger partial charge in [-0.25, -0.2) is 8.37 Å². The Bertz CT molecular complexity index is 371. The van der Waals surface area contributed by atoms with Gasteiger partial charge in [-0.05, 0) is 13.8 Å². The molecule has 0 bridgehead atoms. The number of rotatable bonds is 12. The zero-order chi connectivity index (χ0) is 16.5. The predicted molar refractivity (Wildman–Crippen MR) is 74.3 cm³/mol. The molecule has 0 amide bonds. The standard InChI is InChI=1S/C12H22O8S/c1-5-7-17-11(9(3)13)19-21(15,16)20-12(10(4)14)18-8-6-2/h5-6,9-14H,1-2,7-8H2,3-4H3. The lowest BCUT2D eigenvalue weighted by Crippen LogP contribution is -2.37. The first-order valence-electron chi connectivity index (χ1n) is 6.16. The van der Waals surface area contributed by atoms with Crippen LogP contribution < -0.4 is 0 Å². The van der Waals surface area contributed by atoms with Gasteiger partial charge in [-0.2, -0.15) is 8.42 Å². The fourth-order valence-electron chi connectivity index (χ4n) is 1.08. The van der Waals surface area contributed by atoms with Crippen molar-refractivity contribution in [2.24, 2.45) is 0 Å².